The lowest BCUT2D eigenvalue weighted by atomic mass is 9.91. The Bertz CT molecular complexity index is 351. The number of rotatable bonds is 3. The van der Waals surface area contributed by atoms with Crippen LogP contribution in [0, 0.1) is 5.82 Å². The van der Waals surface area contributed by atoms with Crippen LogP contribution in [0.5, 0.6) is 0 Å². The monoisotopic (exact) mass is 223 g/mol. The van der Waals surface area contributed by atoms with Crippen LogP contribution in [0.1, 0.15) is 24.8 Å². The van der Waals surface area contributed by atoms with Crippen molar-refractivity contribution >= 4 is 0 Å². The summed E-state index contributed by atoms with van der Waals surface area (Å²) in [4.78, 5) is 0. The van der Waals surface area contributed by atoms with E-state index in [2.05, 4.69) is 12.2 Å². The van der Waals surface area contributed by atoms with E-state index in [1.54, 1.807) is 7.11 Å². The minimum atomic E-state index is -0.172. The Kier molecular flexibility index (Phi) is 3.26. The molecule has 1 N–H and O–H groups in total. The first-order chi connectivity index (χ1) is 7.63. The van der Waals surface area contributed by atoms with Crippen LogP contribution in [0.25, 0.3) is 0 Å². The molecule has 88 valence electrons. The molecule has 0 amide bonds. The van der Waals surface area contributed by atoms with Gasteiger partial charge in [-0.2, -0.15) is 0 Å². The van der Waals surface area contributed by atoms with Gasteiger partial charge in [0.05, 0.1) is 6.61 Å². The molecule has 1 fully saturated rings. The fourth-order valence-corrected chi connectivity index (χ4v) is 2.46. The van der Waals surface area contributed by atoms with Crippen molar-refractivity contribution in [1.82, 2.24) is 5.32 Å². The highest BCUT2D eigenvalue weighted by Gasteiger charge is 2.35. The second-order valence-electron chi connectivity index (χ2n) is 4.83. The summed E-state index contributed by atoms with van der Waals surface area (Å²) in [7, 11) is 1.72. The van der Waals surface area contributed by atoms with Crippen molar-refractivity contribution in [2.75, 3.05) is 20.3 Å². The molecule has 0 aromatic heterocycles. The average Bonchev–Trinajstić information content (AvgIpc) is 2.62. The average molecular weight is 223 g/mol. The second-order valence-corrected chi connectivity index (χ2v) is 4.83. The molecule has 1 aliphatic heterocycles. The van der Waals surface area contributed by atoms with Crippen LogP contribution in [0.4, 0.5) is 4.39 Å². The Labute approximate surface area is 95.8 Å². The molecule has 0 aliphatic carbocycles. The van der Waals surface area contributed by atoms with Gasteiger partial charge in [-0.25, -0.2) is 4.39 Å². The first-order valence-electron chi connectivity index (χ1n) is 5.62. The molecule has 1 aromatic carbocycles. The van der Waals surface area contributed by atoms with Gasteiger partial charge in [-0.05, 0) is 37.0 Å². The standard InChI is InChI=1S/C13H18FNO/c1-13(9-16-2)7-11(8-15-13)10-3-5-12(14)6-4-10/h3-6,11,15H,7-9H2,1-2H3. The molecule has 1 heterocycles. The Morgan fingerprint density at radius 1 is 1.44 bits per heavy atom. The van der Waals surface area contributed by atoms with Gasteiger partial charge in [-0.3, -0.25) is 0 Å². The van der Waals surface area contributed by atoms with E-state index in [9.17, 15) is 4.39 Å². The van der Waals surface area contributed by atoms with E-state index in [4.69, 9.17) is 4.74 Å². The second kappa shape index (κ2) is 4.52. The number of ether oxygens (including phenoxy) is 1. The lowest BCUT2D eigenvalue weighted by molar-refractivity contribution is 0.129. The molecule has 0 spiro atoms. The van der Waals surface area contributed by atoms with Gasteiger partial charge in [-0.15, -0.1) is 0 Å². The van der Waals surface area contributed by atoms with Crippen LogP contribution in [0.2, 0.25) is 0 Å². The molecule has 1 aromatic rings. The van der Waals surface area contributed by atoms with Gasteiger partial charge in [0.15, 0.2) is 0 Å². The third kappa shape index (κ3) is 2.42. The largest absolute Gasteiger partial charge is 0.383 e. The van der Waals surface area contributed by atoms with E-state index in [-0.39, 0.29) is 11.4 Å². The maximum Gasteiger partial charge on any atom is 0.123 e. The van der Waals surface area contributed by atoms with E-state index in [1.807, 2.05) is 12.1 Å². The summed E-state index contributed by atoms with van der Waals surface area (Å²) in [6.45, 7) is 3.82. The number of nitrogens with one attached hydrogen (secondary N) is 1. The first kappa shape index (κ1) is 11.6. The molecule has 16 heavy (non-hydrogen) atoms. The van der Waals surface area contributed by atoms with Crippen molar-refractivity contribution in [3.05, 3.63) is 35.6 Å². The summed E-state index contributed by atoms with van der Waals surface area (Å²) < 4.78 is 18.0. The summed E-state index contributed by atoms with van der Waals surface area (Å²) in [6.07, 6.45) is 1.03. The topological polar surface area (TPSA) is 21.3 Å². The van der Waals surface area contributed by atoms with Crippen molar-refractivity contribution in [2.24, 2.45) is 0 Å². The van der Waals surface area contributed by atoms with Crippen LogP contribution >= 0.6 is 0 Å². The number of methoxy groups -OCH3 is 1. The van der Waals surface area contributed by atoms with Crippen LogP contribution < -0.4 is 5.32 Å². The molecule has 1 aliphatic rings. The molecular formula is C13H18FNO. The zero-order chi connectivity index (χ0) is 11.6. The van der Waals surface area contributed by atoms with E-state index < -0.39 is 0 Å². The summed E-state index contributed by atoms with van der Waals surface area (Å²) in [6, 6.07) is 6.81. The first-order valence-corrected chi connectivity index (χ1v) is 5.62. The van der Waals surface area contributed by atoms with Crippen molar-refractivity contribution in [3.8, 4) is 0 Å². The number of halogens is 1. The molecule has 2 nitrogen and oxygen atoms in total. The lowest BCUT2D eigenvalue weighted by Gasteiger charge is -2.23. The molecule has 0 bridgehead atoms. The van der Waals surface area contributed by atoms with Crippen LogP contribution in [-0.4, -0.2) is 25.8 Å². The van der Waals surface area contributed by atoms with Gasteiger partial charge in [0, 0.05) is 19.2 Å². The van der Waals surface area contributed by atoms with Crippen molar-refractivity contribution in [3.63, 3.8) is 0 Å². The number of hydrogen-bond acceptors (Lipinski definition) is 2. The highest BCUT2D eigenvalue weighted by Crippen LogP contribution is 2.31. The Morgan fingerprint density at radius 2 is 2.12 bits per heavy atom. The summed E-state index contributed by atoms with van der Waals surface area (Å²) in [5.41, 5.74) is 1.25. The predicted molar refractivity (Wildman–Crippen MR) is 62.0 cm³/mol. The normalized spacial score (nSPS) is 29.6. The van der Waals surface area contributed by atoms with Crippen LogP contribution in [0.15, 0.2) is 24.3 Å². The SMILES string of the molecule is COCC1(C)CC(c2ccc(F)cc2)CN1. The van der Waals surface area contributed by atoms with Crippen LogP contribution in [0.3, 0.4) is 0 Å². The molecule has 0 saturated carbocycles. The maximum atomic E-state index is 12.8. The van der Waals surface area contributed by atoms with Crippen molar-refractivity contribution in [1.29, 1.82) is 0 Å². The quantitative estimate of drug-likeness (QED) is 0.849. The van der Waals surface area contributed by atoms with Gasteiger partial charge < -0.3 is 10.1 Å². The van der Waals surface area contributed by atoms with Gasteiger partial charge in [0.1, 0.15) is 5.82 Å². The smallest absolute Gasteiger partial charge is 0.123 e. The van der Waals surface area contributed by atoms with Gasteiger partial charge in [-0.1, -0.05) is 12.1 Å². The maximum absolute atomic E-state index is 12.8. The predicted octanol–water partition coefficient (Wildman–Crippen LogP) is 2.31. The highest BCUT2D eigenvalue weighted by molar-refractivity contribution is 5.23. The molecule has 2 rings (SSSR count). The molecule has 0 radical (unpaired) electrons. The van der Waals surface area contributed by atoms with Gasteiger partial charge in [0.2, 0.25) is 0 Å². The molecular weight excluding hydrogens is 205 g/mol. The van der Waals surface area contributed by atoms with E-state index in [0.29, 0.717) is 12.5 Å². The molecule has 3 heteroatoms. The fourth-order valence-electron chi connectivity index (χ4n) is 2.46. The van der Waals surface area contributed by atoms with Crippen molar-refractivity contribution in [2.45, 2.75) is 24.8 Å². The molecule has 2 atom stereocenters. The van der Waals surface area contributed by atoms with Crippen LogP contribution in [-0.2, 0) is 4.74 Å². The summed E-state index contributed by atoms with van der Waals surface area (Å²) in [5.74, 6) is 0.287. The van der Waals surface area contributed by atoms with E-state index in [1.165, 1.54) is 17.7 Å². The highest BCUT2D eigenvalue weighted by atomic mass is 19.1. The Hall–Kier alpha value is -0.930. The minimum absolute atomic E-state index is 0.0494. The number of hydrogen-bond donors (Lipinski definition) is 1. The Morgan fingerprint density at radius 3 is 2.75 bits per heavy atom. The van der Waals surface area contributed by atoms with Gasteiger partial charge in [0.25, 0.3) is 0 Å². The van der Waals surface area contributed by atoms with Crippen molar-refractivity contribution < 1.29 is 9.13 Å². The number of benzene rings is 1. The fraction of sp³-hybridized carbons (Fsp3) is 0.538. The van der Waals surface area contributed by atoms with E-state index in [0.717, 1.165) is 13.0 Å². The van der Waals surface area contributed by atoms with Gasteiger partial charge >= 0.3 is 0 Å². The third-order valence-electron chi connectivity index (χ3n) is 3.28. The summed E-state index contributed by atoms with van der Waals surface area (Å²) in [5, 5.41) is 3.48. The summed E-state index contributed by atoms with van der Waals surface area (Å²) >= 11 is 0. The zero-order valence-corrected chi connectivity index (χ0v) is 9.79. The Balaban J connectivity index is 2.06. The molecule has 1 saturated heterocycles. The zero-order valence-electron chi connectivity index (χ0n) is 9.79. The lowest BCUT2D eigenvalue weighted by Crippen LogP contribution is -2.40. The minimum Gasteiger partial charge on any atom is -0.383 e. The third-order valence-corrected chi connectivity index (χ3v) is 3.28. The molecule has 2 unspecified atom stereocenters. The van der Waals surface area contributed by atoms with E-state index >= 15 is 0 Å².